The Morgan fingerprint density at radius 1 is 0.955 bits per heavy atom. The zero-order chi connectivity index (χ0) is 14.9. The van der Waals surface area contributed by atoms with E-state index in [-0.39, 0.29) is 0 Å². The van der Waals surface area contributed by atoms with Gasteiger partial charge in [-0.15, -0.1) is 0 Å². The molecule has 0 spiro atoms. The van der Waals surface area contributed by atoms with E-state index in [4.69, 9.17) is 11.6 Å². The molecular formula is C17H11ClN4. The largest absolute Gasteiger partial charge is 0.275 e. The van der Waals surface area contributed by atoms with Crippen LogP contribution >= 0.6 is 11.6 Å². The van der Waals surface area contributed by atoms with E-state index in [1.165, 1.54) is 0 Å². The molecule has 3 heterocycles. The Bertz CT molecular complexity index is 947. The van der Waals surface area contributed by atoms with Crippen LogP contribution < -0.4 is 0 Å². The molecular weight excluding hydrogens is 296 g/mol. The molecule has 0 saturated heterocycles. The monoisotopic (exact) mass is 306 g/mol. The molecule has 0 bridgehead atoms. The van der Waals surface area contributed by atoms with E-state index in [0.29, 0.717) is 10.7 Å². The summed E-state index contributed by atoms with van der Waals surface area (Å²) in [6, 6.07) is 13.6. The minimum atomic E-state index is 0.677. The molecule has 3 aromatic heterocycles. The lowest BCUT2D eigenvalue weighted by Crippen LogP contribution is -1.85. The SMILES string of the molecule is Clc1cccc(-c2ccnc3n[nH]c(-c4cccnc4)c23)c1. The second kappa shape index (κ2) is 5.24. The molecule has 0 aliphatic carbocycles. The average Bonchev–Trinajstić information content (AvgIpc) is 3.00. The summed E-state index contributed by atoms with van der Waals surface area (Å²) < 4.78 is 0. The van der Waals surface area contributed by atoms with Gasteiger partial charge in [-0.1, -0.05) is 23.7 Å². The first-order chi connectivity index (χ1) is 10.8. The van der Waals surface area contributed by atoms with Crippen molar-refractivity contribution in [2.45, 2.75) is 0 Å². The molecule has 0 aliphatic rings. The molecule has 0 fully saturated rings. The quantitative estimate of drug-likeness (QED) is 0.599. The lowest BCUT2D eigenvalue weighted by molar-refractivity contribution is 1.10. The summed E-state index contributed by atoms with van der Waals surface area (Å²) >= 11 is 6.13. The molecule has 0 saturated carbocycles. The van der Waals surface area contributed by atoms with E-state index in [1.807, 2.05) is 48.7 Å². The fourth-order valence-electron chi connectivity index (χ4n) is 2.56. The Labute approximate surface area is 131 Å². The standard InChI is InChI=1S/C17H11ClN4/c18-13-5-1-3-11(9-13)14-6-8-20-17-15(14)16(21-22-17)12-4-2-7-19-10-12/h1-10H,(H,20,21,22). The Hall–Kier alpha value is -2.72. The predicted octanol–water partition coefficient (Wildman–Crippen LogP) is 4.34. The number of nitrogens with zero attached hydrogens (tertiary/aromatic N) is 3. The lowest BCUT2D eigenvalue weighted by Gasteiger charge is -2.06. The van der Waals surface area contributed by atoms with Crippen LogP contribution in [0.2, 0.25) is 5.02 Å². The number of hydrogen-bond donors (Lipinski definition) is 1. The number of aromatic amines is 1. The molecule has 1 N–H and O–H groups in total. The number of hydrogen-bond acceptors (Lipinski definition) is 3. The molecule has 0 amide bonds. The van der Waals surface area contributed by atoms with Crippen LogP contribution in [0.3, 0.4) is 0 Å². The molecule has 0 unspecified atom stereocenters. The lowest BCUT2D eigenvalue weighted by atomic mass is 10.0. The summed E-state index contributed by atoms with van der Waals surface area (Å²) in [6.07, 6.45) is 5.31. The summed E-state index contributed by atoms with van der Waals surface area (Å²) in [4.78, 5) is 8.51. The Balaban J connectivity index is 2.02. The van der Waals surface area contributed by atoms with Crippen LogP contribution in [0.4, 0.5) is 0 Å². The van der Waals surface area contributed by atoms with E-state index in [2.05, 4.69) is 20.2 Å². The summed E-state index contributed by atoms with van der Waals surface area (Å²) in [5.74, 6) is 0. The van der Waals surface area contributed by atoms with Crippen molar-refractivity contribution in [1.29, 1.82) is 0 Å². The number of H-pyrrole nitrogens is 1. The van der Waals surface area contributed by atoms with Crippen molar-refractivity contribution in [3.63, 3.8) is 0 Å². The minimum absolute atomic E-state index is 0.677. The third-order valence-corrected chi connectivity index (χ3v) is 3.78. The van der Waals surface area contributed by atoms with Crippen molar-refractivity contribution in [2.24, 2.45) is 0 Å². The minimum Gasteiger partial charge on any atom is -0.275 e. The highest BCUT2D eigenvalue weighted by Gasteiger charge is 2.14. The molecule has 5 heteroatoms. The van der Waals surface area contributed by atoms with Crippen LogP contribution in [0.5, 0.6) is 0 Å². The van der Waals surface area contributed by atoms with Gasteiger partial charge < -0.3 is 0 Å². The fraction of sp³-hybridized carbons (Fsp3) is 0. The Morgan fingerprint density at radius 3 is 2.68 bits per heavy atom. The molecule has 1 aromatic carbocycles. The number of rotatable bonds is 2. The maximum atomic E-state index is 6.13. The summed E-state index contributed by atoms with van der Waals surface area (Å²) in [5.41, 5.74) is 4.63. The van der Waals surface area contributed by atoms with E-state index < -0.39 is 0 Å². The summed E-state index contributed by atoms with van der Waals surface area (Å²) in [5, 5.41) is 9.05. The fourth-order valence-corrected chi connectivity index (χ4v) is 2.75. The first kappa shape index (κ1) is 13.0. The van der Waals surface area contributed by atoms with Crippen molar-refractivity contribution in [3.05, 3.63) is 66.1 Å². The van der Waals surface area contributed by atoms with E-state index in [9.17, 15) is 0 Å². The van der Waals surface area contributed by atoms with Crippen molar-refractivity contribution >= 4 is 22.6 Å². The number of halogens is 1. The highest BCUT2D eigenvalue weighted by molar-refractivity contribution is 6.31. The zero-order valence-electron chi connectivity index (χ0n) is 11.5. The van der Waals surface area contributed by atoms with Crippen LogP contribution in [-0.4, -0.2) is 20.2 Å². The van der Waals surface area contributed by atoms with Gasteiger partial charge in [-0.2, -0.15) is 5.10 Å². The van der Waals surface area contributed by atoms with Gasteiger partial charge in [-0.25, -0.2) is 4.98 Å². The van der Waals surface area contributed by atoms with Crippen molar-refractivity contribution < 1.29 is 0 Å². The van der Waals surface area contributed by atoms with Gasteiger partial charge in [-0.3, -0.25) is 10.1 Å². The van der Waals surface area contributed by atoms with Crippen molar-refractivity contribution in [2.75, 3.05) is 0 Å². The topological polar surface area (TPSA) is 54.5 Å². The number of pyridine rings is 2. The first-order valence-corrected chi connectivity index (χ1v) is 7.20. The molecule has 4 aromatic rings. The number of fused-ring (bicyclic) bond motifs is 1. The normalized spacial score (nSPS) is 11.0. The van der Waals surface area contributed by atoms with Gasteiger partial charge in [0, 0.05) is 29.2 Å². The smallest absolute Gasteiger partial charge is 0.182 e. The van der Waals surface area contributed by atoms with Gasteiger partial charge in [0.1, 0.15) is 0 Å². The maximum absolute atomic E-state index is 6.13. The second-order valence-electron chi connectivity index (χ2n) is 4.91. The average molecular weight is 307 g/mol. The molecule has 0 radical (unpaired) electrons. The Kier molecular flexibility index (Phi) is 3.09. The number of benzene rings is 1. The highest BCUT2D eigenvalue weighted by Crippen LogP contribution is 2.34. The first-order valence-electron chi connectivity index (χ1n) is 6.82. The van der Waals surface area contributed by atoms with Gasteiger partial charge in [-0.05, 0) is 41.5 Å². The summed E-state index contributed by atoms with van der Waals surface area (Å²) in [6.45, 7) is 0. The maximum Gasteiger partial charge on any atom is 0.182 e. The van der Waals surface area contributed by atoms with Crippen LogP contribution in [-0.2, 0) is 0 Å². The van der Waals surface area contributed by atoms with Crippen LogP contribution in [0.25, 0.3) is 33.4 Å². The molecule has 4 nitrogen and oxygen atoms in total. The predicted molar refractivity (Wildman–Crippen MR) is 87.6 cm³/mol. The van der Waals surface area contributed by atoms with Crippen molar-refractivity contribution in [3.8, 4) is 22.4 Å². The van der Waals surface area contributed by atoms with Crippen LogP contribution in [0, 0.1) is 0 Å². The van der Waals surface area contributed by atoms with Gasteiger partial charge in [0.05, 0.1) is 11.1 Å². The molecule has 0 aliphatic heterocycles. The molecule has 106 valence electrons. The van der Waals surface area contributed by atoms with E-state index in [0.717, 1.165) is 27.8 Å². The Morgan fingerprint density at radius 2 is 1.86 bits per heavy atom. The third kappa shape index (κ3) is 2.14. The van der Waals surface area contributed by atoms with E-state index >= 15 is 0 Å². The van der Waals surface area contributed by atoms with Gasteiger partial charge in [0.25, 0.3) is 0 Å². The zero-order valence-corrected chi connectivity index (χ0v) is 12.2. The molecule has 22 heavy (non-hydrogen) atoms. The second-order valence-corrected chi connectivity index (χ2v) is 5.34. The highest BCUT2D eigenvalue weighted by atomic mass is 35.5. The van der Waals surface area contributed by atoms with Gasteiger partial charge in [0.2, 0.25) is 0 Å². The van der Waals surface area contributed by atoms with Crippen LogP contribution in [0.1, 0.15) is 0 Å². The summed E-state index contributed by atoms with van der Waals surface area (Å²) in [7, 11) is 0. The van der Waals surface area contributed by atoms with Crippen LogP contribution in [0.15, 0.2) is 61.1 Å². The number of aromatic nitrogens is 4. The van der Waals surface area contributed by atoms with Gasteiger partial charge >= 0.3 is 0 Å². The molecule has 0 atom stereocenters. The molecule has 4 rings (SSSR count). The van der Waals surface area contributed by atoms with Gasteiger partial charge in [0.15, 0.2) is 5.65 Å². The van der Waals surface area contributed by atoms with Crippen molar-refractivity contribution in [1.82, 2.24) is 20.2 Å². The third-order valence-electron chi connectivity index (χ3n) is 3.54. The van der Waals surface area contributed by atoms with E-state index in [1.54, 1.807) is 12.4 Å². The number of nitrogens with one attached hydrogen (secondary N) is 1.